The summed E-state index contributed by atoms with van der Waals surface area (Å²) in [6, 6.07) is 2.15. The molecular weight excluding hydrogens is 328 g/mol. The summed E-state index contributed by atoms with van der Waals surface area (Å²) in [5.41, 5.74) is 2.77. The van der Waals surface area contributed by atoms with Crippen molar-refractivity contribution in [1.82, 2.24) is 34.8 Å². The van der Waals surface area contributed by atoms with Gasteiger partial charge in [0.2, 0.25) is 5.95 Å². The van der Waals surface area contributed by atoms with Crippen molar-refractivity contribution in [3.63, 3.8) is 0 Å². The number of aromatic nitrogens is 6. The van der Waals surface area contributed by atoms with Crippen molar-refractivity contribution in [1.29, 1.82) is 0 Å². The number of likely N-dealkylation sites (tertiary alicyclic amines) is 1. The molecule has 1 aliphatic heterocycles. The van der Waals surface area contributed by atoms with E-state index in [0.29, 0.717) is 11.8 Å². The number of rotatable bonds is 5. The van der Waals surface area contributed by atoms with Gasteiger partial charge in [-0.15, -0.1) is 0 Å². The minimum atomic E-state index is 0.196. The summed E-state index contributed by atoms with van der Waals surface area (Å²) in [4.78, 5) is 28.0. The van der Waals surface area contributed by atoms with Crippen LogP contribution in [0.2, 0.25) is 0 Å². The highest BCUT2D eigenvalue weighted by atomic mass is 15.2. The Labute approximate surface area is 152 Å². The minimum absolute atomic E-state index is 0.196. The number of hydrogen-bond donors (Lipinski definition) is 2. The van der Waals surface area contributed by atoms with E-state index in [4.69, 9.17) is 0 Å². The van der Waals surface area contributed by atoms with Crippen LogP contribution >= 0.6 is 0 Å². The number of aromatic amines is 1. The smallest absolute Gasteiger partial charge is 0.228 e. The third-order valence-corrected chi connectivity index (χ3v) is 4.53. The van der Waals surface area contributed by atoms with Gasteiger partial charge in [0.15, 0.2) is 5.82 Å². The van der Waals surface area contributed by atoms with Crippen molar-refractivity contribution in [2.24, 2.45) is 0 Å². The summed E-state index contributed by atoms with van der Waals surface area (Å²) in [7, 11) is 0. The third-order valence-electron chi connectivity index (χ3n) is 4.53. The first-order valence-electron chi connectivity index (χ1n) is 8.81. The van der Waals surface area contributed by atoms with Crippen LogP contribution in [0.3, 0.4) is 0 Å². The molecule has 4 rings (SSSR count). The predicted molar refractivity (Wildman–Crippen MR) is 97.8 cm³/mol. The fourth-order valence-corrected chi connectivity index (χ4v) is 3.48. The van der Waals surface area contributed by atoms with E-state index >= 15 is 0 Å². The van der Waals surface area contributed by atoms with E-state index < -0.39 is 0 Å². The Hall–Kier alpha value is -2.87. The van der Waals surface area contributed by atoms with Crippen LogP contribution in [-0.2, 0) is 6.54 Å². The number of aryl methyl sites for hydroxylation is 2. The van der Waals surface area contributed by atoms with Gasteiger partial charge in [-0.05, 0) is 39.3 Å². The molecule has 0 radical (unpaired) electrons. The molecular formula is C18H22N8. The van der Waals surface area contributed by atoms with Crippen molar-refractivity contribution < 1.29 is 0 Å². The Kier molecular flexibility index (Phi) is 4.57. The van der Waals surface area contributed by atoms with Gasteiger partial charge in [0.1, 0.15) is 11.5 Å². The first kappa shape index (κ1) is 16.6. The van der Waals surface area contributed by atoms with Crippen molar-refractivity contribution in [3.05, 3.63) is 53.8 Å². The maximum atomic E-state index is 4.63. The summed E-state index contributed by atoms with van der Waals surface area (Å²) in [6.45, 7) is 5.70. The predicted octanol–water partition coefficient (Wildman–Crippen LogP) is 2.69. The Bertz CT molecular complexity index is 856. The summed E-state index contributed by atoms with van der Waals surface area (Å²) >= 11 is 0. The number of anilines is 2. The normalized spacial score (nSPS) is 17.5. The van der Waals surface area contributed by atoms with Gasteiger partial charge in [0, 0.05) is 36.2 Å². The monoisotopic (exact) mass is 350 g/mol. The molecule has 26 heavy (non-hydrogen) atoms. The van der Waals surface area contributed by atoms with Crippen LogP contribution < -0.4 is 5.32 Å². The lowest BCUT2D eigenvalue weighted by Gasteiger charge is -2.24. The molecule has 0 amide bonds. The highest BCUT2D eigenvalue weighted by molar-refractivity contribution is 5.52. The summed E-state index contributed by atoms with van der Waals surface area (Å²) in [5, 5.41) is 3.26. The zero-order valence-electron chi connectivity index (χ0n) is 15.0. The van der Waals surface area contributed by atoms with Gasteiger partial charge in [0.05, 0.1) is 12.6 Å². The van der Waals surface area contributed by atoms with Crippen molar-refractivity contribution in [2.45, 2.75) is 39.3 Å². The zero-order chi connectivity index (χ0) is 17.9. The van der Waals surface area contributed by atoms with Crippen molar-refractivity contribution >= 4 is 11.8 Å². The van der Waals surface area contributed by atoms with Crippen LogP contribution in [0.25, 0.3) is 0 Å². The first-order chi connectivity index (χ1) is 12.7. The summed E-state index contributed by atoms with van der Waals surface area (Å²) in [6.07, 6.45) is 9.25. The maximum absolute atomic E-state index is 4.63. The van der Waals surface area contributed by atoms with Gasteiger partial charge < -0.3 is 10.3 Å². The third kappa shape index (κ3) is 3.55. The Morgan fingerprint density at radius 2 is 1.92 bits per heavy atom. The lowest BCUT2D eigenvalue weighted by Crippen LogP contribution is -2.25. The first-order valence-corrected chi connectivity index (χ1v) is 8.81. The zero-order valence-corrected chi connectivity index (χ0v) is 15.0. The van der Waals surface area contributed by atoms with Gasteiger partial charge in [0.25, 0.3) is 0 Å². The minimum Gasteiger partial charge on any atom is -0.348 e. The fraction of sp³-hybridized carbons (Fsp3) is 0.389. The van der Waals surface area contributed by atoms with Crippen LogP contribution in [-0.4, -0.2) is 41.3 Å². The number of nitrogens with zero attached hydrogens (tertiary/aromatic N) is 6. The van der Waals surface area contributed by atoms with Crippen molar-refractivity contribution in [3.8, 4) is 0 Å². The van der Waals surface area contributed by atoms with E-state index in [1.165, 1.54) is 0 Å². The van der Waals surface area contributed by atoms with E-state index in [9.17, 15) is 0 Å². The molecule has 0 unspecified atom stereocenters. The second-order valence-corrected chi connectivity index (χ2v) is 6.55. The van der Waals surface area contributed by atoms with Gasteiger partial charge in [-0.25, -0.2) is 19.9 Å². The number of nitrogens with one attached hydrogen (secondary N) is 2. The SMILES string of the molecule is Cc1cc(C)nc(Nc2nccnc2[C@@H]2CCCN2Cc2ncc[nH]2)n1. The van der Waals surface area contributed by atoms with Gasteiger partial charge in [-0.1, -0.05) is 0 Å². The Morgan fingerprint density at radius 3 is 2.69 bits per heavy atom. The molecule has 8 heteroatoms. The van der Waals surface area contributed by atoms with Gasteiger partial charge in [-0.3, -0.25) is 9.88 Å². The lowest BCUT2D eigenvalue weighted by molar-refractivity contribution is 0.239. The molecule has 3 aromatic heterocycles. The average molecular weight is 350 g/mol. The van der Waals surface area contributed by atoms with Crippen LogP contribution in [0.15, 0.2) is 30.9 Å². The number of imidazole rings is 1. The average Bonchev–Trinajstić information content (AvgIpc) is 3.27. The highest BCUT2D eigenvalue weighted by Crippen LogP contribution is 2.35. The Balaban J connectivity index is 1.60. The van der Waals surface area contributed by atoms with E-state index in [0.717, 1.165) is 48.8 Å². The highest BCUT2D eigenvalue weighted by Gasteiger charge is 2.30. The molecule has 1 aliphatic rings. The molecule has 4 heterocycles. The Morgan fingerprint density at radius 1 is 1.12 bits per heavy atom. The van der Waals surface area contributed by atoms with Crippen LogP contribution in [0.5, 0.6) is 0 Å². The van der Waals surface area contributed by atoms with E-state index in [2.05, 4.69) is 40.1 Å². The standard InChI is InChI=1S/C18H22N8/c1-12-10-13(2)24-18(23-12)25-17-16(21-7-8-22-17)14-4-3-9-26(14)11-15-19-5-6-20-15/h5-8,10,14H,3-4,9,11H2,1-2H3,(H,19,20)(H,22,23,24,25)/t14-/m0/s1. The van der Waals surface area contributed by atoms with E-state index in [1.807, 2.05) is 26.1 Å². The van der Waals surface area contributed by atoms with Crippen LogP contribution in [0.1, 0.15) is 41.8 Å². The van der Waals surface area contributed by atoms with Crippen molar-refractivity contribution in [2.75, 3.05) is 11.9 Å². The van der Waals surface area contributed by atoms with Gasteiger partial charge >= 0.3 is 0 Å². The van der Waals surface area contributed by atoms with E-state index in [-0.39, 0.29) is 6.04 Å². The molecule has 1 saturated heterocycles. The molecule has 0 saturated carbocycles. The molecule has 134 valence electrons. The summed E-state index contributed by atoms with van der Waals surface area (Å²) < 4.78 is 0. The molecule has 0 bridgehead atoms. The molecule has 0 spiro atoms. The quantitative estimate of drug-likeness (QED) is 0.730. The molecule has 3 aromatic rings. The molecule has 2 N–H and O–H groups in total. The second kappa shape index (κ2) is 7.17. The maximum Gasteiger partial charge on any atom is 0.228 e. The van der Waals surface area contributed by atoms with E-state index in [1.54, 1.807) is 18.6 Å². The number of hydrogen-bond acceptors (Lipinski definition) is 7. The van der Waals surface area contributed by atoms with Crippen LogP contribution in [0.4, 0.5) is 11.8 Å². The molecule has 8 nitrogen and oxygen atoms in total. The largest absolute Gasteiger partial charge is 0.348 e. The topological polar surface area (TPSA) is 95.5 Å². The fourth-order valence-electron chi connectivity index (χ4n) is 3.48. The van der Waals surface area contributed by atoms with Gasteiger partial charge in [-0.2, -0.15) is 0 Å². The number of H-pyrrole nitrogens is 1. The lowest BCUT2D eigenvalue weighted by atomic mass is 10.1. The molecule has 0 aliphatic carbocycles. The molecule has 0 aromatic carbocycles. The van der Waals surface area contributed by atoms with Crippen LogP contribution in [0, 0.1) is 13.8 Å². The molecule has 1 fully saturated rings. The summed E-state index contributed by atoms with van der Waals surface area (Å²) in [5.74, 6) is 2.24. The second-order valence-electron chi connectivity index (χ2n) is 6.55. The molecule has 1 atom stereocenters.